The maximum absolute atomic E-state index is 14.9. The molecule has 0 radical (unpaired) electrons. The largest absolute Gasteiger partial charge is 0.337 e. The molecule has 2 N–H and O–H groups in total. The van der Waals surface area contributed by atoms with Crippen molar-refractivity contribution in [2.45, 2.75) is 26.7 Å². The second kappa shape index (κ2) is 9.30. The van der Waals surface area contributed by atoms with E-state index in [0.29, 0.717) is 29.0 Å². The number of H-pyrrole nitrogens is 1. The van der Waals surface area contributed by atoms with Gasteiger partial charge in [0.25, 0.3) is 0 Å². The van der Waals surface area contributed by atoms with Crippen molar-refractivity contribution in [3.8, 4) is 11.4 Å². The second-order valence-electron chi connectivity index (χ2n) is 7.97. The van der Waals surface area contributed by atoms with Crippen molar-refractivity contribution in [2.24, 2.45) is 0 Å². The molecular formula is C24H22F2N4O3S. The Balaban J connectivity index is 1.61. The minimum Gasteiger partial charge on any atom is -0.337 e. The molecule has 0 unspecified atom stereocenters. The van der Waals surface area contributed by atoms with Crippen LogP contribution in [0.1, 0.15) is 34.8 Å². The monoisotopic (exact) mass is 484 g/mol. The average Bonchev–Trinajstić information content (AvgIpc) is 3.19. The summed E-state index contributed by atoms with van der Waals surface area (Å²) < 4.78 is 55.3. The number of nitrogens with one attached hydrogen (secondary N) is 2. The van der Waals surface area contributed by atoms with Crippen LogP contribution in [0.2, 0.25) is 0 Å². The van der Waals surface area contributed by atoms with Gasteiger partial charge in [-0.15, -0.1) is 0 Å². The lowest BCUT2D eigenvalue weighted by Crippen LogP contribution is -2.19. The molecule has 10 heteroatoms. The first-order valence-electron chi connectivity index (χ1n) is 10.6. The van der Waals surface area contributed by atoms with Crippen LogP contribution in [0.15, 0.2) is 48.7 Å². The lowest BCUT2D eigenvalue weighted by atomic mass is 10.0. The zero-order valence-electron chi connectivity index (χ0n) is 18.5. The summed E-state index contributed by atoms with van der Waals surface area (Å²) in [5.41, 5.74) is 2.11. The molecule has 4 aromatic rings. The molecule has 0 aliphatic carbocycles. The minimum absolute atomic E-state index is 0.229. The molecule has 0 saturated carbocycles. The Morgan fingerprint density at radius 3 is 2.68 bits per heavy atom. The maximum Gasteiger partial charge on any atom is 0.232 e. The number of nitrogens with zero attached hydrogens (tertiary/aromatic N) is 2. The van der Waals surface area contributed by atoms with Crippen LogP contribution in [0.25, 0.3) is 22.6 Å². The second-order valence-corrected chi connectivity index (χ2v) is 9.82. The summed E-state index contributed by atoms with van der Waals surface area (Å²) in [6.07, 6.45) is 1.41. The van der Waals surface area contributed by atoms with Crippen LogP contribution in [-0.2, 0) is 16.4 Å². The highest BCUT2D eigenvalue weighted by atomic mass is 32.2. The normalized spacial score (nSPS) is 11.6. The van der Waals surface area contributed by atoms with E-state index in [1.165, 1.54) is 6.20 Å². The fourth-order valence-electron chi connectivity index (χ4n) is 3.62. The number of hydrogen-bond acceptors (Lipinski definition) is 5. The zero-order chi connectivity index (χ0) is 24.5. The van der Waals surface area contributed by atoms with Gasteiger partial charge in [-0.25, -0.2) is 27.2 Å². The standard InChI is InChI=1S/C24H22F2N4O3S/c1-3-9-34(32,33)30-18-8-7-17(25)21(22(18)26)20(31)12-15-11-19-24(27-13-15)29-23(28-19)16-6-4-5-14(2)10-16/h4-8,10-11,13,30H,3,9,12H2,1-2H3,(H,27,28,29). The highest BCUT2D eigenvalue weighted by Crippen LogP contribution is 2.25. The number of pyridine rings is 1. The molecular weight excluding hydrogens is 462 g/mol. The number of aryl methyl sites for hydroxylation is 1. The Morgan fingerprint density at radius 2 is 1.94 bits per heavy atom. The lowest BCUT2D eigenvalue weighted by molar-refractivity contribution is 0.0985. The Kier molecular flexibility index (Phi) is 6.43. The lowest BCUT2D eigenvalue weighted by Gasteiger charge is -2.11. The van der Waals surface area contributed by atoms with Gasteiger partial charge in [-0.2, -0.15) is 0 Å². The Morgan fingerprint density at radius 1 is 1.15 bits per heavy atom. The van der Waals surface area contributed by atoms with Crippen LogP contribution in [0.4, 0.5) is 14.5 Å². The molecule has 0 fully saturated rings. The van der Waals surface area contributed by atoms with Crippen LogP contribution in [0.5, 0.6) is 0 Å². The predicted molar refractivity (Wildman–Crippen MR) is 126 cm³/mol. The number of carbonyl (C=O) groups is 1. The molecule has 2 aromatic heterocycles. The van der Waals surface area contributed by atoms with Crippen molar-refractivity contribution in [3.05, 3.63) is 77.0 Å². The summed E-state index contributed by atoms with van der Waals surface area (Å²) in [5.74, 6) is -2.78. The number of anilines is 1. The molecule has 0 amide bonds. The van der Waals surface area contributed by atoms with Gasteiger partial charge in [0.1, 0.15) is 11.6 Å². The summed E-state index contributed by atoms with van der Waals surface area (Å²) in [6.45, 7) is 3.62. The van der Waals surface area contributed by atoms with Crippen LogP contribution >= 0.6 is 0 Å². The van der Waals surface area contributed by atoms with E-state index in [9.17, 15) is 22.0 Å². The fraction of sp³-hybridized carbons (Fsp3) is 0.208. The number of sulfonamides is 1. The summed E-state index contributed by atoms with van der Waals surface area (Å²) in [4.78, 5) is 24.6. The van der Waals surface area contributed by atoms with Crippen molar-refractivity contribution >= 4 is 32.7 Å². The van der Waals surface area contributed by atoms with E-state index in [0.717, 1.165) is 23.3 Å². The molecule has 7 nitrogen and oxygen atoms in total. The van der Waals surface area contributed by atoms with Crippen molar-refractivity contribution in [1.29, 1.82) is 0 Å². The number of imidazole rings is 1. The Bertz CT molecular complexity index is 1500. The molecule has 34 heavy (non-hydrogen) atoms. The van der Waals surface area contributed by atoms with Crippen LogP contribution < -0.4 is 4.72 Å². The van der Waals surface area contributed by atoms with E-state index in [1.807, 2.05) is 31.2 Å². The van der Waals surface area contributed by atoms with Gasteiger partial charge in [-0.05, 0) is 43.2 Å². The number of fused-ring (bicyclic) bond motifs is 1. The molecule has 0 saturated heterocycles. The molecule has 2 heterocycles. The van der Waals surface area contributed by atoms with Crippen LogP contribution in [0, 0.1) is 18.6 Å². The van der Waals surface area contributed by atoms with E-state index in [-0.39, 0.29) is 12.2 Å². The predicted octanol–water partition coefficient (Wildman–Crippen LogP) is 4.79. The molecule has 176 valence electrons. The first-order chi connectivity index (χ1) is 16.2. The zero-order valence-corrected chi connectivity index (χ0v) is 19.3. The van der Waals surface area contributed by atoms with Crippen molar-refractivity contribution in [3.63, 3.8) is 0 Å². The quantitative estimate of drug-likeness (QED) is 0.350. The molecule has 4 rings (SSSR count). The van der Waals surface area contributed by atoms with E-state index >= 15 is 0 Å². The number of hydrogen-bond donors (Lipinski definition) is 2. The van der Waals surface area contributed by atoms with E-state index in [4.69, 9.17) is 0 Å². The molecule has 0 bridgehead atoms. The smallest absolute Gasteiger partial charge is 0.232 e. The van der Waals surface area contributed by atoms with Crippen molar-refractivity contribution in [1.82, 2.24) is 15.0 Å². The Labute approximate surface area is 195 Å². The number of halogens is 2. The van der Waals surface area contributed by atoms with Gasteiger partial charge in [0.15, 0.2) is 17.2 Å². The van der Waals surface area contributed by atoms with Gasteiger partial charge in [0.2, 0.25) is 10.0 Å². The minimum atomic E-state index is -3.81. The van der Waals surface area contributed by atoms with Gasteiger partial charge in [0.05, 0.1) is 22.5 Å². The molecule has 0 aliphatic rings. The molecule has 0 spiro atoms. The summed E-state index contributed by atoms with van der Waals surface area (Å²) in [5, 5.41) is 0. The molecule has 0 aliphatic heterocycles. The van der Waals surface area contributed by atoms with Gasteiger partial charge in [-0.3, -0.25) is 9.52 Å². The molecule has 2 aromatic carbocycles. The van der Waals surface area contributed by atoms with Crippen molar-refractivity contribution in [2.75, 3.05) is 10.5 Å². The summed E-state index contributed by atoms with van der Waals surface area (Å²) in [6, 6.07) is 11.2. The topological polar surface area (TPSA) is 105 Å². The maximum atomic E-state index is 14.9. The van der Waals surface area contributed by atoms with E-state index < -0.39 is 38.7 Å². The number of ketones is 1. The van der Waals surface area contributed by atoms with E-state index in [2.05, 4.69) is 19.7 Å². The third kappa shape index (κ3) is 4.96. The molecule has 0 atom stereocenters. The third-order valence-corrected chi connectivity index (χ3v) is 6.64. The van der Waals surface area contributed by atoms with Gasteiger partial charge in [-0.1, -0.05) is 30.7 Å². The number of aromatic amines is 1. The average molecular weight is 485 g/mol. The van der Waals surface area contributed by atoms with Gasteiger partial charge in [0, 0.05) is 18.2 Å². The first-order valence-corrected chi connectivity index (χ1v) is 12.3. The Hall–Kier alpha value is -3.66. The van der Waals surface area contributed by atoms with Gasteiger partial charge >= 0.3 is 0 Å². The van der Waals surface area contributed by atoms with Crippen LogP contribution in [0.3, 0.4) is 0 Å². The first kappa shape index (κ1) is 23.5. The number of aromatic nitrogens is 3. The number of benzene rings is 2. The highest BCUT2D eigenvalue weighted by Gasteiger charge is 2.23. The van der Waals surface area contributed by atoms with Gasteiger partial charge < -0.3 is 4.98 Å². The number of rotatable bonds is 8. The third-order valence-electron chi connectivity index (χ3n) is 5.16. The SMILES string of the molecule is CCCS(=O)(=O)Nc1ccc(F)c(C(=O)Cc2cnc3nc(-c4cccc(C)c4)[nH]c3c2)c1F. The van der Waals surface area contributed by atoms with Crippen LogP contribution in [-0.4, -0.2) is 34.9 Å². The van der Waals surface area contributed by atoms with E-state index in [1.54, 1.807) is 13.0 Å². The number of Topliss-reactive ketones (excluding diaryl/α,β-unsaturated/α-hetero) is 1. The highest BCUT2D eigenvalue weighted by molar-refractivity contribution is 7.92. The summed E-state index contributed by atoms with van der Waals surface area (Å²) in [7, 11) is -3.81. The van der Waals surface area contributed by atoms with Crippen molar-refractivity contribution < 1.29 is 22.0 Å². The summed E-state index contributed by atoms with van der Waals surface area (Å²) >= 11 is 0. The fourth-order valence-corrected chi connectivity index (χ4v) is 4.75. The number of carbonyl (C=O) groups excluding carboxylic acids is 1.